The average Bonchev–Trinajstić information content (AvgIpc) is 2.89. The molecule has 1 aliphatic heterocycles. The van der Waals surface area contributed by atoms with Gasteiger partial charge in [-0.05, 0) is 43.1 Å². The van der Waals surface area contributed by atoms with Crippen molar-refractivity contribution in [2.24, 2.45) is 5.41 Å². The zero-order valence-corrected chi connectivity index (χ0v) is 16.0. The predicted octanol–water partition coefficient (Wildman–Crippen LogP) is 4.29. The molecule has 0 fully saturated rings. The molecule has 0 bridgehead atoms. The van der Waals surface area contributed by atoms with Crippen molar-refractivity contribution in [1.82, 2.24) is 9.97 Å². The Bertz CT molecular complexity index is 983. The summed E-state index contributed by atoms with van der Waals surface area (Å²) in [7, 11) is 0. The number of anilines is 2. The van der Waals surface area contributed by atoms with Gasteiger partial charge >= 0.3 is 0 Å². The van der Waals surface area contributed by atoms with E-state index in [1.807, 2.05) is 0 Å². The van der Waals surface area contributed by atoms with Gasteiger partial charge in [-0.15, -0.1) is 11.3 Å². The number of carbonyl (C=O) groups is 1. The van der Waals surface area contributed by atoms with E-state index in [-0.39, 0.29) is 17.1 Å². The van der Waals surface area contributed by atoms with Crippen LogP contribution in [0, 0.1) is 17.1 Å². The van der Waals surface area contributed by atoms with Crippen LogP contribution < -0.4 is 11.1 Å². The van der Waals surface area contributed by atoms with E-state index in [0.717, 1.165) is 28.1 Å². The third-order valence-electron chi connectivity index (χ3n) is 4.81. The number of aryl methyl sites for hydroxylation is 1. The second kappa shape index (κ2) is 5.51. The molecule has 0 radical (unpaired) electrons. The van der Waals surface area contributed by atoms with Gasteiger partial charge in [0.2, 0.25) is 0 Å². The van der Waals surface area contributed by atoms with E-state index < -0.39 is 0 Å². The highest BCUT2D eigenvalue weighted by molar-refractivity contribution is 7.71. The summed E-state index contributed by atoms with van der Waals surface area (Å²) in [5.41, 5.74) is 8.80. The SMILES string of the molecule is Cc1ccc(C2C3=C(CC(C)(C)CC3=O)Nc3nc(=S)[nH]c(N)c32)s1. The van der Waals surface area contributed by atoms with Crippen molar-refractivity contribution in [1.29, 1.82) is 0 Å². The Labute approximate surface area is 155 Å². The predicted molar refractivity (Wildman–Crippen MR) is 103 cm³/mol. The van der Waals surface area contributed by atoms with Gasteiger partial charge in [0.25, 0.3) is 0 Å². The number of allylic oxidation sites excluding steroid dienone is 2. The van der Waals surface area contributed by atoms with Crippen molar-refractivity contribution in [2.45, 2.75) is 39.5 Å². The molecule has 5 nitrogen and oxygen atoms in total. The molecule has 0 saturated carbocycles. The van der Waals surface area contributed by atoms with Crippen molar-refractivity contribution < 1.29 is 4.79 Å². The lowest BCUT2D eigenvalue weighted by Crippen LogP contribution is -2.34. The Kier molecular flexibility index (Phi) is 3.63. The number of ketones is 1. The van der Waals surface area contributed by atoms with Crippen LogP contribution in [0.15, 0.2) is 23.4 Å². The molecule has 3 heterocycles. The van der Waals surface area contributed by atoms with Gasteiger partial charge in [0.15, 0.2) is 10.6 Å². The molecule has 4 rings (SSSR count). The fourth-order valence-corrected chi connectivity index (χ4v) is 5.05. The zero-order valence-electron chi connectivity index (χ0n) is 14.4. The molecule has 0 amide bonds. The van der Waals surface area contributed by atoms with Crippen LogP contribution in [0.5, 0.6) is 0 Å². The fourth-order valence-electron chi connectivity index (χ4n) is 3.85. The van der Waals surface area contributed by atoms with Crippen LogP contribution in [0.3, 0.4) is 0 Å². The molecule has 0 saturated heterocycles. The van der Waals surface area contributed by atoms with Crippen LogP contribution in [0.4, 0.5) is 11.6 Å². The summed E-state index contributed by atoms with van der Waals surface area (Å²) >= 11 is 6.88. The molecular weight excluding hydrogens is 352 g/mol. The highest BCUT2D eigenvalue weighted by Crippen LogP contribution is 2.50. The molecule has 0 aromatic carbocycles. The van der Waals surface area contributed by atoms with Gasteiger partial charge in [-0.2, -0.15) is 0 Å². The van der Waals surface area contributed by atoms with E-state index in [4.69, 9.17) is 18.0 Å². The first-order chi connectivity index (χ1) is 11.7. The number of rotatable bonds is 1. The summed E-state index contributed by atoms with van der Waals surface area (Å²) < 4.78 is 0.343. The lowest BCUT2D eigenvalue weighted by molar-refractivity contribution is -0.118. The highest BCUT2D eigenvalue weighted by Gasteiger charge is 2.42. The van der Waals surface area contributed by atoms with Gasteiger partial charge in [-0.3, -0.25) is 4.79 Å². The molecule has 25 heavy (non-hydrogen) atoms. The van der Waals surface area contributed by atoms with E-state index in [9.17, 15) is 4.79 Å². The monoisotopic (exact) mass is 372 g/mol. The molecule has 130 valence electrons. The number of Topliss-reactive ketones (excluding diaryl/α,β-unsaturated/α-hetero) is 1. The molecule has 4 N–H and O–H groups in total. The molecule has 1 aliphatic carbocycles. The van der Waals surface area contributed by atoms with Crippen molar-refractivity contribution in [2.75, 3.05) is 11.1 Å². The topological polar surface area (TPSA) is 83.8 Å². The number of nitrogens with one attached hydrogen (secondary N) is 2. The summed E-state index contributed by atoms with van der Waals surface area (Å²) in [4.78, 5) is 22.7. The molecular formula is C18H20N4OS2. The largest absolute Gasteiger partial charge is 0.385 e. The van der Waals surface area contributed by atoms with Crippen molar-refractivity contribution in [3.63, 3.8) is 0 Å². The number of aromatic nitrogens is 2. The van der Waals surface area contributed by atoms with Gasteiger partial charge < -0.3 is 16.0 Å². The van der Waals surface area contributed by atoms with Crippen LogP contribution >= 0.6 is 23.6 Å². The van der Waals surface area contributed by atoms with Crippen molar-refractivity contribution in [3.05, 3.63) is 43.5 Å². The lowest BCUT2D eigenvalue weighted by atomic mass is 9.70. The number of thiophene rings is 1. The molecule has 1 unspecified atom stereocenters. The number of fused-ring (bicyclic) bond motifs is 1. The van der Waals surface area contributed by atoms with Gasteiger partial charge in [0.05, 0.1) is 5.92 Å². The van der Waals surface area contributed by atoms with Gasteiger partial charge in [-0.25, -0.2) is 4.98 Å². The molecule has 1 atom stereocenters. The van der Waals surface area contributed by atoms with Crippen molar-refractivity contribution in [3.8, 4) is 0 Å². The zero-order chi connectivity index (χ0) is 17.9. The van der Waals surface area contributed by atoms with Crippen LogP contribution in [-0.4, -0.2) is 15.8 Å². The summed E-state index contributed by atoms with van der Waals surface area (Å²) in [5, 5.41) is 3.36. The maximum atomic E-state index is 13.0. The minimum absolute atomic E-state index is 0.0699. The first-order valence-corrected chi connectivity index (χ1v) is 9.47. The van der Waals surface area contributed by atoms with E-state index in [1.165, 1.54) is 4.88 Å². The maximum Gasteiger partial charge on any atom is 0.200 e. The number of H-pyrrole nitrogens is 1. The minimum atomic E-state index is -0.187. The normalized spacial score (nSPS) is 21.6. The Morgan fingerprint density at radius 2 is 2.12 bits per heavy atom. The number of hydrogen-bond acceptors (Lipinski definition) is 6. The summed E-state index contributed by atoms with van der Waals surface area (Å²) in [5.74, 6) is 1.14. The van der Waals surface area contributed by atoms with Gasteiger partial charge in [0, 0.05) is 33.0 Å². The maximum absolute atomic E-state index is 13.0. The quantitative estimate of drug-likeness (QED) is 0.650. The van der Waals surface area contributed by atoms with E-state index in [2.05, 4.69) is 48.2 Å². The number of aromatic amines is 1. The second-order valence-corrected chi connectivity index (χ2v) is 9.26. The minimum Gasteiger partial charge on any atom is -0.385 e. The van der Waals surface area contributed by atoms with Crippen LogP contribution in [0.1, 0.15) is 47.9 Å². The smallest absolute Gasteiger partial charge is 0.200 e. The molecule has 0 spiro atoms. The third kappa shape index (κ3) is 2.71. The number of nitrogen functional groups attached to an aromatic ring is 1. The molecule has 7 heteroatoms. The molecule has 2 aliphatic rings. The average molecular weight is 373 g/mol. The highest BCUT2D eigenvalue weighted by atomic mass is 32.1. The van der Waals surface area contributed by atoms with Crippen LogP contribution in [-0.2, 0) is 4.79 Å². The number of nitrogens with zero attached hydrogens (tertiary/aromatic N) is 1. The van der Waals surface area contributed by atoms with Crippen LogP contribution in [0.2, 0.25) is 0 Å². The van der Waals surface area contributed by atoms with Gasteiger partial charge in [-0.1, -0.05) is 13.8 Å². The fraction of sp³-hybridized carbons (Fsp3) is 0.389. The van der Waals surface area contributed by atoms with Gasteiger partial charge in [0.1, 0.15) is 11.6 Å². The first-order valence-electron chi connectivity index (χ1n) is 8.24. The Hall–Kier alpha value is -1.99. The Balaban J connectivity index is 1.99. The number of nitrogens with two attached hydrogens (primary N) is 1. The third-order valence-corrected chi connectivity index (χ3v) is 6.07. The Morgan fingerprint density at radius 1 is 1.36 bits per heavy atom. The standard InChI is InChI=1S/C18H20N4OS2/c1-8-4-5-11(25-8)13-12-9(6-18(2,3)7-10(12)23)20-16-14(13)15(19)21-17(24)22-16/h4-5,13H,6-7H2,1-3H3,(H4,19,20,21,22,24). The molecule has 2 aromatic heterocycles. The summed E-state index contributed by atoms with van der Waals surface area (Å²) in [6.07, 6.45) is 1.35. The van der Waals surface area contributed by atoms with Crippen molar-refractivity contribution >= 4 is 41.0 Å². The number of hydrogen-bond donors (Lipinski definition) is 3. The second-order valence-electron chi connectivity index (χ2n) is 7.56. The van der Waals surface area contributed by atoms with E-state index in [0.29, 0.717) is 22.8 Å². The summed E-state index contributed by atoms with van der Waals surface area (Å²) in [6.45, 7) is 6.31. The molecule has 2 aromatic rings. The van der Waals surface area contributed by atoms with E-state index >= 15 is 0 Å². The van der Waals surface area contributed by atoms with Crippen LogP contribution in [0.25, 0.3) is 0 Å². The Morgan fingerprint density at radius 3 is 2.80 bits per heavy atom. The lowest BCUT2D eigenvalue weighted by Gasteiger charge is -2.38. The van der Waals surface area contributed by atoms with E-state index in [1.54, 1.807) is 11.3 Å². The summed E-state index contributed by atoms with van der Waals surface area (Å²) in [6, 6.07) is 4.16. The number of carbonyl (C=O) groups excluding carboxylic acids is 1. The first kappa shape index (κ1) is 16.5.